The number of likely N-dealkylation sites (tertiary alicyclic amines) is 3. The normalized spacial score (nSPS) is 29.7. The number of hydrogen-bond acceptors (Lipinski definition) is 10. The number of Topliss-reactive ketones (excluding diaryl/α,β-unsaturated/α-hetero) is 3. The molecule has 6 fully saturated rings. The van der Waals surface area contributed by atoms with E-state index in [1.165, 1.54) is 135 Å². The molecule has 0 unspecified atom stereocenters. The third-order valence-electron chi connectivity index (χ3n) is 25.4. The van der Waals surface area contributed by atoms with Gasteiger partial charge in [-0.2, -0.15) is 0 Å². The molecule has 4 N–H and O–H groups in total. The number of ketones is 3. The summed E-state index contributed by atoms with van der Waals surface area (Å²) < 4.78 is 0. The van der Waals surface area contributed by atoms with E-state index in [9.17, 15) is 33.9 Å². The molecule has 0 spiro atoms. The molecule has 0 radical (unpaired) electrons. The number of aromatic nitrogens is 3. The van der Waals surface area contributed by atoms with E-state index in [1.807, 2.05) is 24.3 Å². The number of nitrogens with zero attached hydrogens (tertiary/aromatic N) is 3. The lowest BCUT2D eigenvalue weighted by Gasteiger charge is -2.56. The van der Waals surface area contributed by atoms with Crippen LogP contribution in [0.5, 0.6) is 5.75 Å². The molecule has 13 nitrogen and oxygen atoms in total. The van der Waals surface area contributed by atoms with Gasteiger partial charge in [-0.1, -0.05) is 53.6 Å². The van der Waals surface area contributed by atoms with Crippen molar-refractivity contribution >= 4 is 17.3 Å². The summed E-state index contributed by atoms with van der Waals surface area (Å²) in [7, 11) is 0. The van der Waals surface area contributed by atoms with Crippen LogP contribution in [0, 0.1) is 47.8 Å². The highest BCUT2D eigenvalue weighted by Gasteiger charge is 2.65. The van der Waals surface area contributed by atoms with Gasteiger partial charge in [-0.05, 0) is 268 Å². The highest BCUT2D eigenvalue weighted by molar-refractivity contribution is 5.95. The number of nitrogens with one attached hydrogen (secondary N) is 3. The molecule has 0 amide bonds. The number of carbonyl (C=O) groups excluding carboxylic acids is 3. The predicted molar refractivity (Wildman–Crippen MR) is 349 cm³/mol. The number of benzene rings is 3. The molecule has 9 aliphatic carbocycles. The van der Waals surface area contributed by atoms with Gasteiger partial charge in [0.1, 0.15) is 5.75 Å². The van der Waals surface area contributed by atoms with Crippen molar-refractivity contribution in [2.75, 3.05) is 58.9 Å². The minimum Gasteiger partial charge on any atom is -0.508 e. The molecule has 3 aromatic heterocycles. The van der Waals surface area contributed by atoms with Gasteiger partial charge in [-0.25, -0.2) is 0 Å². The Morgan fingerprint density at radius 2 is 0.722 bits per heavy atom. The molecule has 6 atom stereocenters. The second kappa shape index (κ2) is 20.9. The van der Waals surface area contributed by atoms with Gasteiger partial charge in [0.05, 0.1) is 16.7 Å². The molecule has 3 saturated carbocycles. The van der Waals surface area contributed by atoms with Crippen molar-refractivity contribution < 1.29 is 19.5 Å². The second-order valence-corrected chi connectivity index (χ2v) is 31.3. The first kappa shape index (κ1) is 58.3. The molecular formula is C77H88N6O7. The molecule has 13 heteroatoms. The van der Waals surface area contributed by atoms with Gasteiger partial charge in [0.25, 0.3) is 16.7 Å². The standard InChI is InChI=1S/2C26H30N2O2.C25H28N2O3/c2*1-16-3-6-19-11-25-12-20-10-21(17(2)29)24(30)27-23(20)13-26(25,22(19)9-16)7-8-28(15-25)14-18-4-5-18;1-15(28)20-8-18-11-24-10-17-4-5-19(29)9-21(17)25(24,12-22(18)26-23(20)30)6-7-27(14-24)13-16-2-3-16/h2*3,6,9-10,18H,4-5,7-8,11-15H2,1-2H3,(H,27,30);4-5,8-9,16,29H,2-3,6-7,10-14H2,1H3,(H,26,30)/t2*25-,26-;24-,25-/m111/s1. The summed E-state index contributed by atoms with van der Waals surface area (Å²) >= 11 is 0. The van der Waals surface area contributed by atoms with Gasteiger partial charge >= 0.3 is 0 Å². The quantitative estimate of drug-likeness (QED) is 0.102. The Kier molecular flexibility index (Phi) is 13.5. The molecule has 468 valence electrons. The SMILES string of the molecule is CC(=O)c1cc2c([nH]c1=O)C[C@@]13CCN(CC4CC4)C[C@@]1(Cc1ccc(C)cc13)C2.CC(=O)c1cc2c([nH]c1=O)C[C@@]13CCN(CC4CC4)C[C@@]1(Cc1ccc(C)cc13)C2.CC(=O)c1cc2c([nH]c1=O)C[C@@]13CCN(CC4CC4)C[C@@]1(Cc1ccc(O)cc13)C2. The van der Waals surface area contributed by atoms with Crippen LogP contribution in [0.15, 0.2) is 87.2 Å². The van der Waals surface area contributed by atoms with Gasteiger partial charge in [-0.15, -0.1) is 0 Å². The minimum atomic E-state index is -0.273. The van der Waals surface area contributed by atoms with E-state index in [-0.39, 0.29) is 72.1 Å². The Morgan fingerprint density at radius 1 is 0.422 bits per heavy atom. The summed E-state index contributed by atoms with van der Waals surface area (Å²) in [6.07, 6.45) is 20.2. The molecule has 12 aliphatic rings. The lowest BCUT2D eigenvalue weighted by molar-refractivity contribution is 0.00114. The van der Waals surface area contributed by atoms with Crippen molar-refractivity contribution in [2.24, 2.45) is 34.0 Å². The van der Waals surface area contributed by atoms with E-state index in [1.54, 1.807) is 6.07 Å². The van der Waals surface area contributed by atoms with E-state index < -0.39 is 0 Å². The summed E-state index contributed by atoms with van der Waals surface area (Å²) in [5.74, 6) is 2.53. The highest BCUT2D eigenvalue weighted by atomic mass is 16.3. The first-order valence-corrected chi connectivity index (χ1v) is 34.2. The van der Waals surface area contributed by atoms with E-state index in [0.29, 0.717) is 16.9 Å². The maximum Gasteiger partial charge on any atom is 0.259 e. The summed E-state index contributed by atoms with van der Waals surface area (Å²) in [5.41, 5.74) is 18.6. The van der Waals surface area contributed by atoms with Gasteiger partial charge < -0.3 is 34.8 Å². The number of phenols is 1. The van der Waals surface area contributed by atoms with Crippen LogP contribution in [0.25, 0.3) is 0 Å². The molecule has 6 heterocycles. The van der Waals surface area contributed by atoms with Crippen LogP contribution in [-0.2, 0) is 74.0 Å². The molecule has 3 aliphatic heterocycles. The van der Waals surface area contributed by atoms with Crippen molar-refractivity contribution in [3.8, 4) is 5.75 Å². The smallest absolute Gasteiger partial charge is 0.259 e. The number of aromatic amines is 3. The van der Waals surface area contributed by atoms with Crippen LogP contribution in [0.1, 0.15) is 188 Å². The molecular weight excluding hydrogens is 1120 g/mol. The zero-order valence-electron chi connectivity index (χ0n) is 53.5. The summed E-state index contributed by atoms with van der Waals surface area (Å²) in [5, 5.41) is 10.3. The van der Waals surface area contributed by atoms with Crippen LogP contribution in [-0.4, -0.2) is 111 Å². The van der Waals surface area contributed by atoms with Crippen molar-refractivity contribution in [1.82, 2.24) is 29.7 Å². The Hall–Kier alpha value is -6.80. The van der Waals surface area contributed by atoms with Gasteiger partial charge in [-0.3, -0.25) is 28.8 Å². The minimum absolute atomic E-state index is 0.0512. The Morgan fingerprint density at radius 3 is 1.03 bits per heavy atom. The summed E-state index contributed by atoms with van der Waals surface area (Å²) in [6, 6.07) is 25.6. The molecule has 6 aromatic rings. The van der Waals surface area contributed by atoms with Crippen molar-refractivity contribution in [3.63, 3.8) is 0 Å². The van der Waals surface area contributed by atoms with Crippen molar-refractivity contribution in [2.45, 2.75) is 166 Å². The van der Waals surface area contributed by atoms with Crippen LogP contribution in [0.2, 0.25) is 0 Å². The third-order valence-corrected chi connectivity index (χ3v) is 25.4. The Labute approximate surface area is 527 Å². The maximum atomic E-state index is 12.6. The molecule has 90 heavy (non-hydrogen) atoms. The summed E-state index contributed by atoms with van der Waals surface area (Å²) in [4.78, 5) is 91.1. The number of pyridine rings is 3. The fourth-order valence-electron chi connectivity index (χ4n) is 20.6. The number of hydrogen-bond donors (Lipinski definition) is 4. The first-order valence-electron chi connectivity index (χ1n) is 34.2. The third kappa shape index (κ3) is 9.36. The Balaban J connectivity index is 0.000000108. The zero-order valence-corrected chi connectivity index (χ0v) is 53.5. The number of fused-ring (bicyclic) bond motifs is 6. The number of carbonyl (C=O) groups is 3. The lowest BCUT2D eigenvalue weighted by atomic mass is 9.52. The van der Waals surface area contributed by atoms with Gasteiger partial charge in [0.2, 0.25) is 0 Å². The number of phenolic OH excluding ortho intramolecular Hbond substituents is 1. The number of H-pyrrole nitrogens is 3. The summed E-state index contributed by atoms with van der Waals surface area (Å²) in [6.45, 7) is 19.2. The number of aromatic hydroxyl groups is 1. The van der Waals surface area contributed by atoms with Gasteiger partial charge in [0.15, 0.2) is 17.3 Å². The van der Waals surface area contributed by atoms with E-state index >= 15 is 0 Å². The lowest BCUT2D eigenvalue weighted by Crippen LogP contribution is -2.60. The van der Waals surface area contributed by atoms with E-state index in [2.05, 4.69) is 86.0 Å². The number of aryl methyl sites for hydroxylation is 2. The maximum absolute atomic E-state index is 12.6. The van der Waals surface area contributed by atoms with Gasteiger partial charge in [0, 0.05) is 88.8 Å². The van der Waals surface area contributed by atoms with Crippen LogP contribution in [0.4, 0.5) is 0 Å². The molecule has 0 bridgehead atoms. The number of piperidine rings is 3. The van der Waals surface area contributed by atoms with E-state index in [4.69, 9.17) is 0 Å². The Bertz CT molecular complexity index is 3810. The molecule has 3 saturated heterocycles. The fourth-order valence-corrected chi connectivity index (χ4v) is 20.6. The average molecular weight is 1210 g/mol. The van der Waals surface area contributed by atoms with E-state index in [0.717, 1.165) is 157 Å². The monoisotopic (exact) mass is 1210 g/mol. The topological polar surface area (TPSA) is 180 Å². The zero-order chi connectivity index (χ0) is 62.0. The van der Waals surface area contributed by atoms with Crippen molar-refractivity contribution in [3.05, 3.63) is 199 Å². The van der Waals surface area contributed by atoms with Crippen LogP contribution < -0.4 is 16.7 Å². The first-order chi connectivity index (χ1) is 43.2. The second-order valence-electron chi connectivity index (χ2n) is 31.3. The largest absolute Gasteiger partial charge is 0.508 e. The van der Waals surface area contributed by atoms with Crippen molar-refractivity contribution in [1.29, 1.82) is 0 Å². The van der Waals surface area contributed by atoms with Crippen LogP contribution >= 0.6 is 0 Å². The van der Waals surface area contributed by atoms with Crippen LogP contribution in [0.3, 0.4) is 0 Å². The fraction of sp³-hybridized carbons (Fsp3) is 0.532. The molecule has 18 rings (SSSR count). The predicted octanol–water partition coefficient (Wildman–Crippen LogP) is 10.1. The average Bonchev–Trinajstić information content (AvgIpc) is 1.50. The highest BCUT2D eigenvalue weighted by Crippen LogP contribution is 2.65. The number of rotatable bonds is 9. The molecule has 3 aromatic carbocycles.